The molecule has 0 saturated carbocycles. The minimum absolute atomic E-state index is 0.749. The topological polar surface area (TPSA) is 36.3 Å². The van der Waals surface area contributed by atoms with Crippen LogP contribution in [0.15, 0.2) is 18.2 Å². The lowest BCUT2D eigenvalue weighted by Crippen LogP contribution is -2.37. The van der Waals surface area contributed by atoms with E-state index in [1.807, 2.05) is 25.1 Å². The number of aryl methyl sites for hydroxylation is 1. The molecule has 0 spiro atoms. The maximum absolute atomic E-state index is 9.07. The molecular weight excluding hydrogens is 188 g/mol. The Balaban J connectivity index is 2.37. The molecule has 1 aromatic rings. The van der Waals surface area contributed by atoms with Gasteiger partial charge in [-0.25, -0.2) is 0 Å². The number of rotatable bonds is 1. The van der Waals surface area contributed by atoms with Crippen molar-refractivity contribution in [1.82, 2.24) is 0 Å². The molecule has 1 aromatic carbocycles. The Morgan fingerprint density at radius 3 is 2.73 bits per heavy atom. The third-order valence-electron chi connectivity index (χ3n) is 2.69. The SMILES string of the molecule is Cc1cccc(C#N)c1N1CCOCC1. The number of para-hydroxylation sites is 1. The minimum atomic E-state index is 0.749. The summed E-state index contributed by atoms with van der Waals surface area (Å²) in [5.41, 5.74) is 3.00. The quantitative estimate of drug-likeness (QED) is 0.695. The van der Waals surface area contributed by atoms with E-state index in [-0.39, 0.29) is 0 Å². The Bertz CT molecular complexity index is 389. The highest BCUT2D eigenvalue weighted by Gasteiger charge is 2.16. The van der Waals surface area contributed by atoms with Gasteiger partial charge in [-0.2, -0.15) is 5.26 Å². The van der Waals surface area contributed by atoms with Crippen LogP contribution in [-0.2, 0) is 4.74 Å². The second-order valence-electron chi connectivity index (χ2n) is 3.68. The van der Waals surface area contributed by atoms with Gasteiger partial charge in [-0.3, -0.25) is 0 Å². The molecule has 1 saturated heterocycles. The zero-order valence-corrected chi connectivity index (χ0v) is 8.86. The van der Waals surface area contributed by atoms with Crippen LogP contribution in [0.5, 0.6) is 0 Å². The Labute approximate surface area is 89.9 Å². The zero-order chi connectivity index (χ0) is 10.7. The van der Waals surface area contributed by atoms with Gasteiger partial charge < -0.3 is 9.64 Å². The summed E-state index contributed by atoms with van der Waals surface area (Å²) >= 11 is 0. The van der Waals surface area contributed by atoms with Crippen LogP contribution in [0.1, 0.15) is 11.1 Å². The monoisotopic (exact) mass is 202 g/mol. The second-order valence-corrected chi connectivity index (χ2v) is 3.68. The summed E-state index contributed by atoms with van der Waals surface area (Å²) in [6.07, 6.45) is 0. The van der Waals surface area contributed by atoms with Gasteiger partial charge >= 0.3 is 0 Å². The maximum Gasteiger partial charge on any atom is 0.101 e. The summed E-state index contributed by atoms with van der Waals surface area (Å²) < 4.78 is 5.31. The lowest BCUT2D eigenvalue weighted by atomic mass is 10.1. The summed E-state index contributed by atoms with van der Waals surface area (Å²) in [6, 6.07) is 8.10. The highest BCUT2D eigenvalue weighted by Crippen LogP contribution is 2.25. The van der Waals surface area contributed by atoms with E-state index in [9.17, 15) is 0 Å². The Morgan fingerprint density at radius 2 is 2.07 bits per heavy atom. The lowest BCUT2D eigenvalue weighted by molar-refractivity contribution is 0.122. The van der Waals surface area contributed by atoms with Crippen molar-refractivity contribution in [2.75, 3.05) is 31.2 Å². The van der Waals surface area contributed by atoms with Crippen molar-refractivity contribution in [3.8, 4) is 6.07 Å². The van der Waals surface area contributed by atoms with Gasteiger partial charge in [0, 0.05) is 13.1 Å². The average molecular weight is 202 g/mol. The van der Waals surface area contributed by atoms with Crippen molar-refractivity contribution in [3.05, 3.63) is 29.3 Å². The van der Waals surface area contributed by atoms with E-state index in [2.05, 4.69) is 11.0 Å². The summed E-state index contributed by atoms with van der Waals surface area (Å²) in [4.78, 5) is 2.23. The average Bonchev–Trinajstić information content (AvgIpc) is 2.29. The van der Waals surface area contributed by atoms with Gasteiger partial charge in [-0.15, -0.1) is 0 Å². The largest absolute Gasteiger partial charge is 0.378 e. The molecule has 0 aliphatic carbocycles. The third-order valence-corrected chi connectivity index (χ3v) is 2.69. The standard InChI is InChI=1S/C12H14N2O/c1-10-3-2-4-11(9-13)12(10)14-5-7-15-8-6-14/h2-4H,5-8H2,1H3. The van der Waals surface area contributed by atoms with Crippen molar-refractivity contribution in [1.29, 1.82) is 5.26 Å². The van der Waals surface area contributed by atoms with Gasteiger partial charge in [-0.1, -0.05) is 12.1 Å². The maximum atomic E-state index is 9.07. The summed E-state index contributed by atoms with van der Waals surface area (Å²) in [5.74, 6) is 0. The van der Waals surface area contributed by atoms with Crippen LogP contribution >= 0.6 is 0 Å². The van der Waals surface area contributed by atoms with E-state index in [0.29, 0.717) is 0 Å². The molecule has 3 heteroatoms. The van der Waals surface area contributed by atoms with Crippen LogP contribution in [-0.4, -0.2) is 26.3 Å². The molecule has 0 amide bonds. The third kappa shape index (κ3) is 1.95. The molecule has 0 radical (unpaired) electrons. The minimum Gasteiger partial charge on any atom is -0.378 e. The predicted molar refractivity (Wildman–Crippen MR) is 58.9 cm³/mol. The Hall–Kier alpha value is -1.53. The summed E-state index contributed by atoms with van der Waals surface area (Å²) in [6.45, 7) is 5.29. The van der Waals surface area contributed by atoms with Crippen molar-refractivity contribution in [2.45, 2.75) is 6.92 Å². The number of hydrogen-bond donors (Lipinski definition) is 0. The van der Waals surface area contributed by atoms with Crippen molar-refractivity contribution >= 4 is 5.69 Å². The first-order valence-electron chi connectivity index (χ1n) is 5.15. The Kier molecular flexibility index (Phi) is 2.89. The van der Waals surface area contributed by atoms with Crippen molar-refractivity contribution in [3.63, 3.8) is 0 Å². The van der Waals surface area contributed by atoms with E-state index in [4.69, 9.17) is 10.00 Å². The molecule has 3 nitrogen and oxygen atoms in total. The molecule has 1 heterocycles. The first-order valence-corrected chi connectivity index (χ1v) is 5.15. The van der Waals surface area contributed by atoms with Gasteiger partial charge in [0.2, 0.25) is 0 Å². The zero-order valence-electron chi connectivity index (χ0n) is 8.86. The number of ether oxygens (including phenoxy) is 1. The van der Waals surface area contributed by atoms with Gasteiger partial charge in [-0.05, 0) is 18.6 Å². The lowest BCUT2D eigenvalue weighted by Gasteiger charge is -2.30. The molecule has 0 unspecified atom stereocenters. The molecule has 1 fully saturated rings. The molecule has 0 bridgehead atoms. The summed E-state index contributed by atoms with van der Waals surface area (Å²) in [7, 11) is 0. The second kappa shape index (κ2) is 4.33. The number of morpholine rings is 1. The van der Waals surface area contributed by atoms with Crippen molar-refractivity contribution in [2.24, 2.45) is 0 Å². The first kappa shape index (κ1) is 10.0. The molecule has 2 rings (SSSR count). The highest BCUT2D eigenvalue weighted by molar-refractivity contribution is 5.64. The van der Waals surface area contributed by atoms with E-state index < -0.39 is 0 Å². The van der Waals surface area contributed by atoms with Gasteiger partial charge in [0.1, 0.15) is 6.07 Å². The molecular formula is C12H14N2O. The van der Waals surface area contributed by atoms with Crippen LogP contribution in [0.25, 0.3) is 0 Å². The van der Waals surface area contributed by atoms with Crippen LogP contribution in [0, 0.1) is 18.3 Å². The number of anilines is 1. The van der Waals surface area contributed by atoms with Gasteiger partial charge in [0.15, 0.2) is 0 Å². The fourth-order valence-electron chi connectivity index (χ4n) is 1.96. The van der Waals surface area contributed by atoms with Crippen LogP contribution in [0.2, 0.25) is 0 Å². The van der Waals surface area contributed by atoms with E-state index in [1.165, 1.54) is 0 Å². The number of nitrogens with zero attached hydrogens (tertiary/aromatic N) is 2. The molecule has 0 atom stereocenters. The molecule has 1 aliphatic heterocycles. The fourth-order valence-corrected chi connectivity index (χ4v) is 1.96. The predicted octanol–water partition coefficient (Wildman–Crippen LogP) is 1.70. The van der Waals surface area contributed by atoms with Gasteiger partial charge in [0.05, 0.1) is 24.5 Å². The first-order chi connectivity index (χ1) is 7.33. The molecule has 0 N–H and O–H groups in total. The summed E-state index contributed by atoms with van der Waals surface area (Å²) in [5, 5.41) is 9.07. The molecule has 1 aliphatic rings. The number of benzene rings is 1. The van der Waals surface area contributed by atoms with E-state index in [0.717, 1.165) is 43.1 Å². The van der Waals surface area contributed by atoms with E-state index >= 15 is 0 Å². The van der Waals surface area contributed by atoms with Crippen LogP contribution in [0.3, 0.4) is 0 Å². The van der Waals surface area contributed by atoms with Gasteiger partial charge in [0.25, 0.3) is 0 Å². The molecule has 0 aromatic heterocycles. The highest BCUT2D eigenvalue weighted by atomic mass is 16.5. The Morgan fingerprint density at radius 1 is 1.33 bits per heavy atom. The fraction of sp³-hybridized carbons (Fsp3) is 0.417. The molecule has 78 valence electrons. The van der Waals surface area contributed by atoms with Crippen LogP contribution in [0.4, 0.5) is 5.69 Å². The number of hydrogen-bond acceptors (Lipinski definition) is 3. The molecule has 15 heavy (non-hydrogen) atoms. The number of nitriles is 1. The smallest absolute Gasteiger partial charge is 0.101 e. The van der Waals surface area contributed by atoms with Crippen molar-refractivity contribution < 1.29 is 4.74 Å². The van der Waals surface area contributed by atoms with Crippen LogP contribution < -0.4 is 4.90 Å². The normalized spacial score (nSPS) is 16.1. The van der Waals surface area contributed by atoms with E-state index in [1.54, 1.807) is 0 Å².